The van der Waals surface area contributed by atoms with E-state index in [1.54, 1.807) is 0 Å². The smallest absolute Gasteiger partial charge is 0.258 e. The molecule has 0 bridgehead atoms. The normalized spacial score (nSPS) is 17.6. The predicted octanol–water partition coefficient (Wildman–Crippen LogP) is 1.44. The number of anilines is 1. The van der Waals surface area contributed by atoms with E-state index in [2.05, 4.69) is 39.4 Å². The van der Waals surface area contributed by atoms with E-state index in [9.17, 15) is 9.90 Å². The zero-order valence-corrected chi connectivity index (χ0v) is 17.8. The number of nitrogens with one attached hydrogen (secondary N) is 1. The molecule has 7 nitrogen and oxygen atoms in total. The molecule has 7 heteroatoms. The van der Waals surface area contributed by atoms with Crippen LogP contribution in [0.1, 0.15) is 11.1 Å². The predicted molar refractivity (Wildman–Crippen MR) is 119 cm³/mol. The summed E-state index contributed by atoms with van der Waals surface area (Å²) in [5.41, 5.74) is 3.68. The molecule has 2 aliphatic rings. The van der Waals surface area contributed by atoms with Gasteiger partial charge >= 0.3 is 0 Å². The summed E-state index contributed by atoms with van der Waals surface area (Å²) in [5, 5.41) is 13.2. The number of ether oxygens (including phenoxy) is 2. The van der Waals surface area contributed by atoms with Gasteiger partial charge in [-0.3, -0.25) is 9.69 Å². The molecule has 166 valence electrons. The largest absolute Gasteiger partial charge is 0.482 e. The van der Waals surface area contributed by atoms with Crippen molar-refractivity contribution in [2.75, 3.05) is 57.4 Å². The third-order valence-electron chi connectivity index (χ3n) is 5.79. The van der Waals surface area contributed by atoms with Crippen LogP contribution in [-0.4, -0.2) is 74.6 Å². The topological polar surface area (TPSA) is 74.3 Å². The summed E-state index contributed by atoms with van der Waals surface area (Å²) in [4.78, 5) is 16.7. The minimum atomic E-state index is -0.616. The van der Waals surface area contributed by atoms with Crippen molar-refractivity contribution in [2.24, 2.45) is 0 Å². The van der Waals surface area contributed by atoms with E-state index in [0.29, 0.717) is 25.5 Å². The number of rotatable bonds is 8. The second-order valence-electron chi connectivity index (χ2n) is 8.07. The summed E-state index contributed by atoms with van der Waals surface area (Å²) < 4.78 is 11.2. The summed E-state index contributed by atoms with van der Waals surface area (Å²) in [6.07, 6.45) is 0.376. The van der Waals surface area contributed by atoms with E-state index in [-0.39, 0.29) is 19.1 Å². The van der Waals surface area contributed by atoms with Gasteiger partial charge < -0.3 is 24.8 Å². The highest BCUT2D eigenvalue weighted by Crippen LogP contribution is 2.28. The Kier molecular flexibility index (Phi) is 7.40. The molecule has 0 aliphatic carbocycles. The fourth-order valence-corrected chi connectivity index (χ4v) is 4.14. The second kappa shape index (κ2) is 10.6. The molecule has 0 aromatic heterocycles. The van der Waals surface area contributed by atoms with E-state index in [1.165, 1.54) is 11.1 Å². The zero-order chi connectivity index (χ0) is 21.5. The van der Waals surface area contributed by atoms with Crippen LogP contribution in [0.3, 0.4) is 0 Å². The molecule has 1 fully saturated rings. The van der Waals surface area contributed by atoms with Crippen molar-refractivity contribution in [3.05, 3.63) is 59.7 Å². The summed E-state index contributed by atoms with van der Waals surface area (Å²) in [6.45, 7) is 5.42. The first kappa shape index (κ1) is 21.6. The molecule has 31 heavy (non-hydrogen) atoms. The number of carbonyl (C=O) groups excluding carboxylic acids is 1. The molecule has 0 unspecified atom stereocenters. The number of para-hydroxylation sites is 2. The first-order valence-electron chi connectivity index (χ1n) is 11.0. The minimum absolute atomic E-state index is 0.0782. The number of morpholine rings is 1. The maximum atomic E-state index is 12.3. The molecule has 0 spiro atoms. The molecule has 0 saturated carbocycles. The van der Waals surface area contributed by atoms with E-state index in [1.807, 2.05) is 24.3 Å². The van der Waals surface area contributed by atoms with Gasteiger partial charge in [-0.1, -0.05) is 36.4 Å². The van der Waals surface area contributed by atoms with Gasteiger partial charge in [0.15, 0.2) is 6.61 Å². The summed E-state index contributed by atoms with van der Waals surface area (Å²) in [7, 11) is 0. The van der Waals surface area contributed by atoms with Crippen LogP contribution < -0.4 is 15.0 Å². The molecule has 2 aliphatic heterocycles. The zero-order valence-electron chi connectivity index (χ0n) is 17.8. The van der Waals surface area contributed by atoms with Gasteiger partial charge in [0.05, 0.1) is 25.0 Å². The average Bonchev–Trinajstić information content (AvgIpc) is 2.82. The first-order valence-corrected chi connectivity index (χ1v) is 11.0. The molecule has 2 aromatic rings. The molecule has 2 N–H and O–H groups in total. The quantitative estimate of drug-likeness (QED) is 0.667. The van der Waals surface area contributed by atoms with Gasteiger partial charge in [-0.05, 0) is 29.7 Å². The fraction of sp³-hybridized carbons (Fsp3) is 0.458. The molecule has 2 heterocycles. The lowest BCUT2D eigenvalue weighted by molar-refractivity contribution is -0.123. The first-order chi connectivity index (χ1) is 15.2. The van der Waals surface area contributed by atoms with Gasteiger partial charge in [-0.2, -0.15) is 0 Å². The number of benzene rings is 2. The Balaban J connectivity index is 1.20. The van der Waals surface area contributed by atoms with Crippen molar-refractivity contribution in [3.8, 4) is 5.75 Å². The molecule has 1 amide bonds. The molecule has 1 atom stereocenters. The van der Waals surface area contributed by atoms with Crippen molar-refractivity contribution < 1.29 is 19.4 Å². The Bertz CT molecular complexity index is 869. The van der Waals surface area contributed by atoms with Crippen molar-refractivity contribution in [1.82, 2.24) is 10.2 Å². The van der Waals surface area contributed by atoms with Gasteiger partial charge in [-0.25, -0.2) is 0 Å². The average molecular weight is 426 g/mol. The van der Waals surface area contributed by atoms with E-state index < -0.39 is 6.10 Å². The summed E-state index contributed by atoms with van der Waals surface area (Å²) >= 11 is 0. The number of hydrogen-bond donors (Lipinski definition) is 2. The highest BCUT2D eigenvalue weighted by molar-refractivity contribution is 5.77. The van der Waals surface area contributed by atoms with Crippen LogP contribution >= 0.6 is 0 Å². The third-order valence-corrected chi connectivity index (χ3v) is 5.79. The van der Waals surface area contributed by atoms with Crippen LogP contribution in [0.5, 0.6) is 5.75 Å². The molecule has 1 saturated heterocycles. The monoisotopic (exact) mass is 425 g/mol. The number of nitrogens with zero attached hydrogens (tertiary/aromatic N) is 2. The number of fused-ring (bicyclic) bond motifs is 1. The van der Waals surface area contributed by atoms with Crippen LogP contribution in [0.4, 0.5) is 5.69 Å². The molecular weight excluding hydrogens is 394 g/mol. The Morgan fingerprint density at radius 1 is 1.06 bits per heavy atom. The number of aliphatic hydroxyl groups is 1. The Hall–Kier alpha value is -2.61. The lowest BCUT2D eigenvalue weighted by Gasteiger charge is -2.30. The number of amides is 1. The Morgan fingerprint density at radius 2 is 1.81 bits per heavy atom. The van der Waals surface area contributed by atoms with Crippen molar-refractivity contribution >= 4 is 11.6 Å². The lowest BCUT2D eigenvalue weighted by Crippen LogP contribution is -2.43. The number of aliphatic hydroxyl groups excluding tert-OH is 1. The number of carbonyl (C=O) groups is 1. The van der Waals surface area contributed by atoms with Crippen LogP contribution in [0.15, 0.2) is 48.5 Å². The van der Waals surface area contributed by atoms with Crippen LogP contribution in [0.2, 0.25) is 0 Å². The maximum absolute atomic E-state index is 12.3. The lowest BCUT2D eigenvalue weighted by atomic mass is 10.00. The molecule has 2 aromatic carbocycles. The van der Waals surface area contributed by atoms with Gasteiger partial charge in [0.2, 0.25) is 0 Å². The van der Waals surface area contributed by atoms with Crippen LogP contribution in [-0.2, 0) is 22.5 Å². The fourth-order valence-electron chi connectivity index (χ4n) is 4.14. The molecular formula is C24H31N3O4. The van der Waals surface area contributed by atoms with E-state index in [4.69, 9.17) is 9.47 Å². The van der Waals surface area contributed by atoms with Crippen LogP contribution in [0.25, 0.3) is 0 Å². The van der Waals surface area contributed by atoms with Crippen molar-refractivity contribution in [2.45, 2.75) is 19.1 Å². The van der Waals surface area contributed by atoms with Gasteiger partial charge in [-0.15, -0.1) is 0 Å². The second-order valence-corrected chi connectivity index (χ2v) is 8.07. The molecule has 4 rings (SSSR count). The highest BCUT2D eigenvalue weighted by atomic mass is 16.5. The highest BCUT2D eigenvalue weighted by Gasteiger charge is 2.19. The van der Waals surface area contributed by atoms with E-state index in [0.717, 1.165) is 38.3 Å². The third kappa shape index (κ3) is 5.97. The minimum Gasteiger partial charge on any atom is -0.482 e. The van der Waals surface area contributed by atoms with Gasteiger partial charge in [0, 0.05) is 39.3 Å². The standard InChI is InChI=1S/C24H31N3O4/c28-21(17-26-10-9-19-5-1-2-6-20(19)16-26)15-25-24(29)18-31-23-8-4-3-7-22(23)27-11-13-30-14-12-27/h1-8,21,28H,9-18H2,(H,25,29)/t21-/m1/s1. The SMILES string of the molecule is O=C(COc1ccccc1N1CCOCC1)NC[C@@H](O)CN1CCc2ccccc2C1. The van der Waals surface area contributed by atoms with Crippen LogP contribution in [0, 0.1) is 0 Å². The number of β-amino-alcohol motifs (C(OH)–C–C–N with tert-alkyl or cyclic N) is 1. The Morgan fingerprint density at radius 3 is 2.65 bits per heavy atom. The summed E-state index contributed by atoms with van der Waals surface area (Å²) in [5.74, 6) is 0.451. The van der Waals surface area contributed by atoms with Crippen molar-refractivity contribution in [1.29, 1.82) is 0 Å². The molecule has 0 radical (unpaired) electrons. The maximum Gasteiger partial charge on any atom is 0.258 e. The summed E-state index contributed by atoms with van der Waals surface area (Å²) in [6, 6.07) is 16.2. The van der Waals surface area contributed by atoms with Crippen molar-refractivity contribution in [3.63, 3.8) is 0 Å². The van der Waals surface area contributed by atoms with Gasteiger partial charge in [0.25, 0.3) is 5.91 Å². The van der Waals surface area contributed by atoms with E-state index >= 15 is 0 Å². The van der Waals surface area contributed by atoms with Gasteiger partial charge in [0.1, 0.15) is 5.75 Å². The Labute approximate surface area is 183 Å². The number of hydrogen-bond acceptors (Lipinski definition) is 6.